The van der Waals surface area contributed by atoms with Crippen LogP contribution in [0.5, 0.6) is 0 Å². The van der Waals surface area contributed by atoms with Crippen LogP contribution in [-0.4, -0.2) is 29.1 Å². The zero-order valence-corrected chi connectivity index (χ0v) is 16.6. The summed E-state index contributed by atoms with van der Waals surface area (Å²) in [6.07, 6.45) is 3.12. The standard InChI is InChI=1S/C16H15Cl2N5O3S/c1-8(2)23-15-9(6-21-23)3-10(7-20-15)22-16(24)11-4-14(27(19,25)26)13(18)5-12(11)17/h3-8H,1-2H3,(H,22,24)(H2,19,25,26). The third-order valence-corrected chi connectivity index (χ3v) is 5.44. The van der Waals surface area contributed by atoms with Crippen molar-refractivity contribution < 1.29 is 13.2 Å². The van der Waals surface area contributed by atoms with Crippen LogP contribution in [0.15, 0.2) is 35.5 Å². The van der Waals surface area contributed by atoms with Crippen molar-refractivity contribution in [2.24, 2.45) is 5.14 Å². The fraction of sp³-hybridized carbons (Fsp3) is 0.188. The summed E-state index contributed by atoms with van der Waals surface area (Å²) in [4.78, 5) is 16.5. The normalized spacial score (nSPS) is 11.9. The number of aromatic nitrogens is 3. The van der Waals surface area contributed by atoms with Crippen LogP contribution in [0.1, 0.15) is 30.2 Å². The lowest BCUT2D eigenvalue weighted by Crippen LogP contribution is -2.17. The van der Waals surface area contributed by atoms with Gasteiger partial charge in [0.1, 0.15) is 4.90 Å². The third-order valence-electron chi connectivity index (χ3n) is 3.75. The molecule has 0 bridgehead atoms. The SMILES string of the molecule is CC(C)n1ncc2cc(NC(=O)c3cc(S(N)(=O)=O)c(Cl)cc3Cl)cnc21. The molecule has 2 aromatic heterocycles. The minimum atomic E-state index is -4.11. The van der Waals surface area contributed by atoms with Gasteiger partial charge in [0.15, 0.2) is 5.65 Å². The monoisotopic (exact) mass is 427 g/mol. The molecule has 0 unspecified atom stereocenters. The highest BCUT2D eigenvalue weighted by atomic mass is 35.5. The van der Waals surface area contributed by atoms with Gasteiger partial charge in [0.05, 0.1) is 33.7 Å². The maximum atomic E-state index is 12.6. The van der Waals surface area contributed by atoms with E-state index >= 15 is 0 Å². The number of rotatable bonds is 4. The highest BCUT2D eigenvalue weighted by Crippen LogP contribution is 2.29. The maximum absolute atomic E-state index is 12.6. The van der Waals surface area contributed by atoms with Crippen molar-refractivity contribution in [3.8, 4) is 0 Å². The first-order valence-electron chi connectivity index (χ1n) is 7.74. The van der Waals surface area contributed by atoms with Crippen LogP contribution in [-0.2, 0) is 10.0 Å². The second-order valence-corrected chi connectivity index (χ2v) is 8.43. The molecular weight excluding hydrogens is 413 g/mol. The average Bonchev–Trinajstić information content (AvgIpc) is 2.96. The highest BCUT2D eigenvalue weighted by Gasteiger charge is 2.20. The largest absolute Gasteiger partial charge is 0.321 e. The molecule has 3 rings (SSSR count). The van der Waals surface area contributed by atoms with E-state index in [0.717, 1.165) is 17.5 Å². The van der Waals surface area contributed by atoms with E-state index in [9.17, 15) is 13.2 Å². The molecule has 0 fully saturated rings. The van der Waals surface area contributed by atoms with Crippen molar-refractivity contribution >= 4 is 55.9 Å². The minimum Gasteiger partial charge on any atom is -0.321 e. The van der Waals surface area contributed by atoms with Crippen molar-refractivity contribution in [3.63, 3.8) is 0 Å². The maximum Gasteiger partial charge on any atom is 0.257 e. The number of primary sulfonamides is 1. The lowest BCUT2D eigenvalue weighted by atomic mass is 10.2. The van der Waals surface area contributed by atoms with Gasteiger partial charge in [0, 0.05) is 11.4 Å². The third kappa shape index (κ3) is 3.91. The Morgan fingerprint density at radius 1 is 1.19 bits per heavy atom. The number of benzene rings is 1. The molecule has 0 aliphatic rings. The number of carbonyl (C=O) groups is 1. The molecule has 0 saturated carbocycles. The van der Waals surface area contributed by atoms with Gasteiger partial charge in [0.2, 0.25) is 10.0 Å². The summed E-state index contributed by atoms with van der Waals surface area (Å²) in [6, 6.07) is 4.04. The summed E-state index contributed by atoms with van der Waals surface area (Å²) >= 11 is 11.9. The summed E-state index contributed by atoms with van der Waals surface area (Å²) in [5, 5.41) is 12.6. The molecule has 3 N–H and O–H groups in total. The molecule has 0 radical (unpaired) electrons. The Morgan fingerprint density at radius 2 is 1.89 bits per heavy atom. The van der Waals surface area contributed by atoms with Gasteiger partial charge < -0.3 is 5.32 Å². The number of nitrogens with one attached hydrogen (secondary N) is 1. The second-order valence-electron chi connectivity index (χ2n) is 6.08. The predicted octanol–water partition coefficient (Wildman–Crippen LogP) is 3.22. The fourth-order valence-electron chi connectivity index (χ4n) is 2.51. The molecule has 142 valence electrons. The molecule has 11 heteroatoms. The average molecular weight is 428 g/mol. The van der Waals surface area contributed by atoms with E-state index in [1.54, 1.807) is 16.9 Å². The van der Waals surface area contributed by atoms with Crippen LogP contribution in [0.2, 0.25) is 10.0 Å². The van der Waals surface area contributed by atoms with E-state index in [4.69, 9.17) is 28.3 Å². The number of nitrogens with zero attached hydrogens (tertiary/aromatic N) is 3. The van der Waals surface area contributed by atoms with Crippen molar-refractivity contribution in [1.82, 2.24) is 14.8 Å². The number of fused-ring (bicyclic) bond motifs is 1. The van der Waals surface area contributed by atoms with Crippen LogP contribution < -0.4 is 10.5 Å². The molecular formula is C16H15Cl2N5O3S. The highest BCUT2D eigenvalue weighted by molar-refractivity contribution is 7.89. The zero-order valence-electron chi connectivity index (χ0n) is 14.3. The van der Waals surface area contributed by atoms with Crippen molar-refractivity contribution in [3.05, 3.63) is 46.2 Å². The molecule has 0 aliphatic carbocycles. The van der Waals surface area contributed by atoms with Gasteiger partial charge >= 0.3 is 0 Å². The lowest BCUT2D eigenvalue weighted by molar-refractivity contribution is 0.102. The molecule has 0 spiro atoms. The second kappa shape index (κ2) is 7.08. The number of pyridine rings is 1. The number of anilines is 1. The number of halogens is 2. The first-order chi connectivity index (χ1) is 12.6. The molecule has 1 amide bonds. The first kappa shape index (κ1) is 19.6. The lowest BCUT2D eigenvalue weighted by Gasteiger charge is -2.10. The molecule has 1 aromatic carbocycles. The van der Waals surface area contributed by atoms with Gasteiger partial charge in [0.25, 0.3) is 5.91 Å². The Balaban J connectivity index is 1.95. The number of carbonyl (C=O) groups excluding carboxylic acids is 1. The van der Waals surface area contributed by atoms with E-state index in [0.29, 0.717) is 11.3 Å². The zero-order chi connectivity index (χ0) is 19.9. The summed E-state index contributed by atoms with van der Waals surface area (Å²) in [6.45, 7) is 3.96. The summed E-state index contributed by atoms with van der Waals surface area (Å²) in [7, 11) is -4.11. The topological polar surface area (TPSA) is 120 Å². The van der Waals surface area contributed by atoms with Gasteiger partial charge in [-0.15, -0.1) is 0 Å². The smallest absolute Gasteiger partial charge is 0.257 e. The van der Waals surface area contributed by atoms with Crippen LogP contribution in [0.25, 0.3) is 11.0 Å². The van der Waals surface area contributed by atoms with Gasteiger partial charge in [-0.05, 0) is 32.0 Å². The number of nitrogens with two attached hydrogens (primary N) is 1. The number of hydrogen-bond donors (Lipinski definition) is 2. The van der Waals surface area contributed by atoms with E-state index in [2.05, 4.69) is 15.4 Å². The van der Waals surface area contributed by atoms with Crippen LogP contribution in [0, 0.1) is 0 Å². The van der Waals surface area contributed by atoms with Gasteiger partial charge in [-0.2, -0.15) is 5.10 Å². The Kier molecular flexibility index (Phi) is 5.13. The first-order valence-corrected chi connectivity index (χ1v) is 10.0. The van der Waals surface area contributed by atoms with E-state index in [1.165, 1.54) is 6.20 Å². The molecule has 8 nitrogen and oxygen atoms in total. The molecule has 0 saturated heterocycles. The Morgan fingerprint density at radius 3 is 2.52 bits per heavy atom. The minimum absolute atomic E-state index is 0.00781. The number of hydrogen-bond acceptors (Lipinski definition) is 5. The summed E-state index contributed by atoms with van der Waals surface area (Å²) < 4.78 is 25.0. The molecule has 3 aromatic rings. The van der Waals surface area contributed by atoms with Crippen molar-refractivity contribution in [2.75, 3.05) is 5.32 Å². The Hall–Kier alpha value is -2.20. The van der Waals surface area contributed by atoms with Crippen molar-refractivity contribution in [2.45, 2.75) is 24.8 Å². The molecule has 2 heterocycles. The number of sulfonamides is 1. The van der Waals surface area contributed by atoms with Gasteiger partial charge in [-0.3, -0.25) is 4.79 Å². The predicted molar refractivity (Wildman–Crippen MR) is 104 cm³/mol. The van der Waals surface area contributed by atoms with E-state index < -0.39 is 15.9 Å². The quantitative estimate of drug-likeness (QED) is 0.661. The van der Waals surface area contributed by atoms with E-state index in [1.807, 2.05) is 13.8 Å². The van der Waals surface area contributed by atoms with Crippen LogP contribution in [0.3, 0.4) is 0 Å². The van der Waals surface area contributed by atoms with E-state index in [-0.39, 0.29) is 26.5 Å². The fourth-order valence-corrected chi connectivity index (χ4v) is 3.91. The van der Waals surface area contributed by atoms with Gasteiger partial charge in [-0.1, -0.05) is 23.2 Å². The van der Waals surface area contributed by atoms with Gasteiger partial charge in [-0.25, -0.2) is 23.2 Å². The molecule has 27 heavy (non-hydrogen) atoms. The van der Waals surface area contributed by atoms with Crippen LogP contribution >= 0.6 is 23.2 Å². The summed E-state index contributed by atoms with van der Waals surface area (Å²) in [5.74, 6) is -0.626. The van der Waals surface area contributed by atoms with Crippen LogP contribution in [0.4, 0.5) is 5.69 Å². The van der Waals surface area contributed by atoms with Crippen molar-refractivity contribution in [1.29, 1.82) is 0 Å². The summed E-state index contributed by atoms with van der Waals surface area (Å²) in [5.41, 5.74) is 1.01. The Bertz CT molecular complexity index is 1160. The number of amides is 1. The molecule has 0 aliphatic heterocycles. The molecule has 0 atom stereocenters. The Labute approximate surface area is 165 Å².